The lowest BCUT2D eigenvalue weighted by molar-refractivity contribution is -0.142. The van der Waals surface area contributed by atoms with Crippen molar-refractivity contribution in [3.63, 3.8) is 0 Å². The van der Waals surface area contributed by atoms with E-state index in [0.717, 1.165) is 17.7 Å². The Morgan fingerprint density at radius 3 is 2.65 bits per heavy atom. The SMILES string of the molecule is CCOC(=O)CCNC(=O)N1CCCC(C(=O)c2ccc(SC)cc2)C1. The fraction of sp³-hybridized carbons (Fsp3) is 0.526. The number of rotatable bonds is 7. The standard InChI is InChI=1S/C19H26N2O4S/c1-3-25-17(22)10-11-20-19(24)21-12-4-5-15(13-21)18(23)14-6-8-16(26-2)9-7-14/h6-9,15H,3-5,10-13H2,1-2H3,(H,20,24). The summed E-state index contributed by atoms with van der Waals surface area (Å²) in [7, 11) is 0. The first-order valence-electron chi connectivity index (χ1n) is 8.91. The number of carbonyl (C=O) groups is 3. The van der Waals surface area contributed by atoms with Crippen molar-refractivity contribution in [2.75, 3.05) is 32.5 Å². The molecule has 1 fully saturated rings. The van der Waals surface area contributed by atoms with Crippen molar-refractivity contribution < 1.29 is 19.1 Å². The van der Waals surface area contributed by atoms with Crippen molar-refractivity contribution in [3.05, 3.63) is 29.8 Å². The van der Waals surface area contributed by atoms with Crippen LogP contribution in [0.2, 0.25) is 0 Å². The van der Waals surface area contributed by atoms with Gasteiger partial charge in [0, 0.05) is 36.0 Å². The van der Waals surface area contributed by atoms with Crippen LogP contribution in [0.4, 0.5) is 4.79 Å². The van der Waals surface area contributed by atoms with Crippen LogP contribution >= 0.6 is 11.8 Å². The number of esters is 1. The molecule has 0 spiro atoms. The van der Waals surface area contributed by atoms with Crippen LogP contribution in [0, 0.1) is 5.92 Å². The third kappa shape index (κ3) is 5.76. The summed E-state index contributed by atoms with van der Waals surface area (Å²) in [6.45, 7) is 3.36. The maximum absolute atomic E-state index is 12.7. The van der Waals surface area contributed by atoms with Gasteiger partial charge < -0.3 is 15.0 Å². The molecule has 0 bridgehead atoms. The fourth-order valence-corrected chi connectivity index (χ4v) is 3.39. The topological polar surface area (TPSA) is 75.7 Å². The molecule has 2 rings (SSSR count). The third-order valence-corrected chi connectivity index (χ3v) is 5.11. The third-order valence-electron chi connectivity index (χ3n) is 4.36. The molecule has 1 aromatic rings. The fourth-order valence-electron chi connectivity index (χ4n) is 2.98. The number of hydrogen-bond acceptors (Lipinski definition) is 5. The summed E-state index contributed by atoms with van der Waals surface area (Å²) in [6.07, 6.45) is 3.73. The highest BCUT2D eigenvalue weighted by Gasteiger charge is 2.29. The lowest BCUT2D eigenvalue weighted by Crippen LogP contribution is -2.47. The molecule has 1 N–H and O–H groups in total. The molecule has 0 aliphatic carbocycles. The van der Waals surface area contributed by atoms with Gasteiger partial charge in [-0.05, 0) is 38.2 Å². The number of benzene rings is 1. The van der Waals surface area contributed by atoms with Gasteiger partial charge in [-0.25, -0.2) is 4.79 Å². The first-order valence-corrected chi connectivity index (χ1v) is 10.1. The Morgan fingerprint density at radius 2 is 2.00 bits per heavy atom. The van der Waals surface area contributed by atoms with E-state index in [1.165, 1.54) is 0 Å². The van der Waals surface area contributed by atoms with Crippen LogP contribution in [-0.2, 0) is 9.53 Å². The zero-order chi connectivity index (χ0) is 18.9. The molecule has 1 aliphatic heterocycles. The van der Waals surface area contributed by atoms with E-state index in [-0.39, 0.29) is 36.7 Å². The van der Waals surface area contributed by atoms with Crippen LogP contribution in [0.25, 0.3) is 0 Å². The molecule has 7 heteroatoms. The number of piperidine rings is 1. The zero-order valence-electron chi connectivity index (χ0n) is 15.3. The Labute approximate surface area is 158 Å². The van der Waals surface area contributed by atoms with Crippen molar-refractivity contribution in [1.82, 2.24) is 10.2 Å². The molecule has 0 radical (unpaired) electrons. The normalized spacial score (nSPS) is 16.8. The molecule has 1 aliphatic rings. The number of nitrogens with one attached hydrogen (secondary N) is 1. The van der Waals surface area contributed by atoms with E-state index in [1.807, 2.05) is 30.5 Å². The minimum atomic E-state index is -0.326. The summed E-state index contributed by atoms with van der Waals surface area (Å²) in [6, 6.07) is 7.37. The van der Waals surface area contributed by atoms with Gasteiger partial charge in [-0.15, -0.1) is 11.8 Å². The average Bonchev–Trinajstić information content (AvgIpc) is 2.67. The minimum Gasteiger partial charge on any atom is -0.466 e. The Morgan fingerprint density at radius 1 is 1.27 bits per heavy atom. The van der Waals surface area contributed by atoms with Gasteiger partial charge in [0.05, 0.1) is 13.0 Å². The highest BCUT2D eigenvalue weighted by atomic mass is 32.2. The monoisotopic (exact) mass is 378 g/mol. The molecule has 1 unspecified atom stereocenters. The second kappa shape index (κ2) is 10.2. The summed E-state index contributed by atoms with van der Waals surface area (Å²) < 4.78 is 4.83. The number of ether oxygens (including phenoxy) is 1. The summed E-state index contributed by atoms with van der Waals surface area (Å²) in [5, 5.41) is 2.73. The minimum absolute atomic E-state index is 0.0849. The zero-order valence-corrected chi connectivity index (χ0v) is 16.1. The summed E-state index contributed by atoms with van der Waals surface area (Å²) >= 11 is 1.64. The van der Waals surface area contributed by atoms with Gasteiger partial charge in [-0.1, -0.05) is 12.1 Å². The first-order chi connectivity index (χ1) is 12.5. The number of Topliss-reactive ketones (excluding diaryl/α,β-unsaturated/α-hetero) is 1. The number of carbonyl (C=O) groups excluding carboxylic acids is 3. The highest BCUT2D eigenvalue weighted by molar-refractivity contribution is 7.98. The number of nitrogens with zero attached hydrogens (tertiary/aromatic N) is 1. The molecular weight excluding hydrogens is 352 g/mol. The largest absolute Gasteiger partial charge is 0.466 e. The van der Waals surface area contributed by atoms with E-state index < -0.39 is 0 Å². The molecule has 6 nitrogen and oxygen atoms in total. The highest BCUT2D eigenvalue weighted by Crippen LogP contribution is 2.22. The summed E-state index contributed by atoms with van der Waals surface area (Å²) in [5.74, 6) is -0.422. The van der Waals surface area contributed by atoms with E-state index >= 15 is 0 Å². The molecule has 142 valence electrons. The molecule has 0 saturated carbocycles. The van der Waals surface area contributed by atoms with Crippen LogP contribution in [0.1, 0.15) is 36.5 Å². The quantitative estimate of drug-likeness (QED) is 0.448. The van der Waals surface area contributed by atoms with Crippen molar-refractivity contribution in [2.45, 2.75) is 31.1 Å². The summed E-state index contributed by atoms with van der Waals surface area (Å²) in [5.41, 5.74) is 0.692. The van der Waals surface area contributed by atoms with Crippen molar-refractivity contribution in [2.24, 2.45) is 5.92 Å². The van der Waals surface area contributed by atoms with Gasteiger partial charge in [-0.2, -0.15) is 0 Å². The molecule has 1 atom stereocenters. The van der Waals surface area contributed by atoms with Gasteiger partial charge in [0.1, 0.15) is 0 Å². The predicted molar refractivity (Wildman–Crippen MR) is 101 cm³/mol. The number of hydrogen-bond donors (Lipinski definition) is 1. The van der Waals surface area contributed by atoms with Crippen LogP contribution in [-0.4, -0.2) is 55.2 Å². The molecule has 1 saturated heterocycles. The van der Waals surface area contributed by atoms with Gasteiger partial charge in [0.2, 0.25) is 0 Å². The van der Waals surface area contributed by atoms with Gasteiger partial charge in [0.15, 0.2) is 5.78 Å². The lowest BCUT2D eigenvalue weighted by atomic mass is 9.90. The Kier molecular flexibility index (Phi) is 7.97. The number of urea groups is 1. The van der Waals surface area contributed by atoms with Crippen LogP contribution < -0.4 is 5.32 Å². The van der Waals surface area contributed by atoms with E-state index in [0.29, 0.717) is 25.3 Å². The lowest BCUT2D eigenvalue weighted by Gasteiger charge is -2.32. The second-order valence-electron chi connectivity index (χ2n) is 6.16. The van der Waals surface area contributed by atoms with E-state index in [1.54, 1.807) is 23.6 Å². The van der Waals surface area contributed by atoms with Crippen LogP contribution in [0.5, 0.6) is 0 Å². The van der Waals surface area contributed by atoms with Crippen LogP contribution in [0.15, 0.2) is 29.2 Å². The Bertz CT molecular complexity index is 633. The maximum Gasteiger partial charge on any atom is 0.317 e. The maximum atomic E-state index is 12.7. The van der Waals surface area contributed by atoms with Gasteiger partial charge in [0.25, 0.3) is 0 Å². The molecule has 2 amide bonds. The average molecular weight is 378 g/mol. The van der Waals surface area contributed by atoms with E-state index in [2.05, 4.69) is 5.32 Å². The van der Waals surface area contributed by atoms with Gasteiger partial charge in [-0.3, -0.25) is 9.59 Å². The second-order valence-corrected chi connectivity index (χ2v) is 7.04. The van der Waals surface area contributed by atoms with Gasteiger partial charge >= 0.3 is 12.0 Å². The molecular formula is C19H26N2O4S. The Hall–Kier alpha value is -2.02. The molecule has 26 heavy (non-hydrogen) atoms. The molecule has 1 heterocycles. The molecule has 0 aromatic heterocycles. The number of thioether (sulfide) groups is 1. The smallest absolute Gasteiger partial charge is 0.317 e. The van der Waals surface area contributed by atoms with Crippen molar-refractivity contribution >= 4 is 29.5 Å². The van der Waals surface area contributed by atoms with Crippen molar-refractivity contribution in [3.8, 4) is 0 Å². The predicted octanol–water partition coefficient (Wildman–Crippen LogP) is 2.97. The van der Waals surface area contributed by atoms with E-state index in [4.69, 9.17) is 4.74 Å². The van der Waals surface area contributed by atoms with Crippen molar-refractivity contribution in [1.29, 1.82) is 0 Å². The first kappa shape index (κ1) is 20.3. The molecule has 1 aromatic carbocycles. The van der Waals surface area contributed by atoms with E-state index in [9.17, 15) is 14.4 Å². The van der Waals surface area contributed by atoms with Crippen LogP contribution in [0.3, 0.4) is 0 Å². The number of ketones is 1. The number of amides is 2. The summed E-state index contributed by atoms with van der Waals surface area (Å²) in [4.78, 5) is 39.1. The number of likely N-dealkylation sites (tertiary alicyclic amines) is 1. The Balaban J connectivity index is 1.86.